The third-order valence-corrected chi connectivity index (χ3v) is 1.59. The summed E-state index contributed by atoms with van der Waals surface area (Å²) in [6.45, 7) is 4.36. The van der Waals surface area contributed by atoms with Crippen molar-refractivity contribution in [3.63, 3.8) is 0 Å². The predicted octanol–water partition coefficient (Wildman–Crippen LogP) is 2.12. The smallest absolute Gasteiger partial charge is 0.370 e. The number of nitrogens with one attached hydrogen (secondary N) is 1. The lowest BCUT2D eigenvalue weighted by Gasteiger charge is -2.16. The SMILES string of the molecule is C=C(C)CC(COCC(F)(F)F)NC. The zero-order valence-electron chi connectivity index (χ0n) is 8.45. The first-order chi connectivity index (χ1) is 6.35. The molecular formula is C9H16F3NO. The van der Waals surface area contributed by atoms with Crippen molar-refractivity contribution in [3.8, 4) is 0 Å². The summed E-state index contributed by atoms with van der Waals surface area (Å²) in [5.74, 6) is 0. The minimum absolute atomic E-state index is 0.0445. The lowest BCUT2D eigenvalue weighted by molar-refractivity contribution is -0.175. The zero-order valence-corrected chi connectivity index (χ0v) is 8.45. The number of alkyl halides is 3. The van der Waals surface area contributed by atoms with Crippen LogP contribution < -0.4 is 5.32 Å². The second kappa shape index (κ2) is 6.03. The third-order valence-electron chi connectivity index (χ3n) is 1.59. The summed E-state index contributed by atoms with van der Waals surface area (Å²) in [6.07, 6.45) is -3.63. The van der Waals surface area contributed by atoms with Gasteiger partial charge in [-0.25, -0.2) is 0 Å². The van der Waals surface area contributed by atoms with Crippen molar-refractivity contribution in [2.45, 2.75) is 25.6 Å². The van der Waals surface area contributed by atoms with E-state index in [1.165, 1.54) is 0 Å². The van der Waals surface area contributed by atoms with E-state index in [1.807, 2.05) is 6.92 Å². The molecule has 0 aromatic rings. The van der Waals surface area contributed by atoms with E-state index in [0.29, 0.717) is 6.42 Å². The molecule has 0 aliphatic carbocycles. The Labute approximate surface area is 82.1 Å². The average molecular weight is 211 g/mol. The Bertz CT molecular complexity index is 179. The van der Waals surface area contributed by atoms with Gasteiger partial charge in [-0.05, 0) is 20.4 Å². The van der Waals surface area contributed by atoms with E-state index in [-0.39, 0.29) is 12.6 Å². The maximum absolute atomic E-state index is 11.7. The molecule has 0 saturated carbocycles. The molecule has 1 atom stereocenters. The second-order valence-corrected chi connectivity index (χ2v) is 3.28. The van der Waals surface area contributed by atoms with Crippen LogP contribution >= 0.6 is 0 Å². The van der Waals surface area contributed by atoms with Gasteiger partial charge in [0.1, 0.15) is 6.61 Å². The largest absolute Gasteiger partial charge is 0.411 e. The maximum Gasteiger partial charge on any atom is 0.411 e. The van der Waals surface area contributed by atoms with Crippen LogP contribution in [0.25, 0.3) is 0 Å². The molecule has 0 heterocycles. The summed E-state index contributed by atoms with van der Waals surface area (Å²) < 4.78 is 39.7. The van der Waals surface area contributed by atoms with E-state index < -0.39 is 12.8 Å². The molecule has 1 unspecified atom stereocenters. The highest BCUT2D eigenvalue weighted by Crippen LogP contribution is 2.14. The van der Waals surface area contributed by atoms with Gasteiger partial charge in [-0.2, -0.15) is 13.2 Å². The highest BCUT2D eigenvalue weighted by atomic mass is 19.4. The van der Waals surface area contributed by atoms with Crippen LogP contribution in [0.3, 0.4) is 0 Å². The normalized spacial score (nSPS) is 14.1. The van der Waals surface area contributed by atoms with Crippen molar-refractivity contribution < 1.29 is 17.9 Å². The Morgan fingerprint density at radius 3 is 2.43 bits per heavy atom. The topological polar surface area (TPSA) is 21.3 Å². The van der Waals surface area contributed by atoms with Crippen molar-refractivity contribution in [1.29, 1.82) is 0 Å². The molecule has 0 amide bonds. The van der Waals surface area contributed by atoms with Crippen LogP contribution in [0, 0.1) is 0 Å². The molecule has 0 fully saturated rings. The van der Waals surface area contributed by atoms with Gasteiger partial charge in [-0.15, -0.1) is 6.58 Å². The average Bonchev–Trinajstić information content (AvgIpc) is 1.99. The molecular weight excluding hydrogens is 195 g/mol. The van der Waals surface area contributed by atoms with E-state index in [2.05, 4.69) is 16.6 Å². The number of ether oxygens (including phenoxy) is 1. The van der Waals surface area contributed by atoms with Gasteiger partial charge >= 0.3 is 6.18 Å². The number of hydrogen-bond acceptors (Lipinski definition) is 2. The molecule has 0 aliphatic heterocycles. The van der Waals surface area contributed by atoms with Crippen LogP contribution in [0.2, 0.25) is 0 Å². The molecule has 0 aromatic carbocycles. The number of likely N-dealkylation sites (N-methyl/N-ethyl adjacent to an activating group) is 1. The maximum atomic E-state index is 11.7. The summed E-state index contributed by atoms with van der Waals surface area (Å²) in [5, 5.41) is 2.87. The summed E-state index contributed by atoms with van der Waals surface area (Å²) in [5.41, 5.74) is 0.917. The summed E-state index contributed by atoms with van der Waals surface area (Å²) in [7, 11) is 1.69. The van der Waals surface area contributed by atoms with Crippen LogP contribution in [0.1, 0.15) is 13.3 Å². The fourth-order valence-electron chi connectivity index (χ4n) is 0.982. The Balaban J connectivity index is 3.68. The lowest BCUT2D eigenvalue weighted by atomic mass is 10.1. The van der Waals surface area contributed by atoms with Gasteiger partial charge in [0.2, 0.25) is 0 Å². The highest BCUT2D eigenvalue weighted by Gasteiger charge is 2.27. The van der Waals surface area contributed by atoms with Gasteiger partial charge in [-0.3, -0.25) is 0 Å². The van der Waals surface area contributed by atoms with Crippen molar-refractivity contribution in [2.24, 2.45) is 0 Å². The molecule has 0 spiro atoms. The molecule has 0 radical (unpaired) electrons. The van der Waals surface area contributed by atoms with E-state index >= 15 is 0 Å². The number of halogens is 3. The number of rotatable bonds is 6. The van der Waals surface area contributed by atoms with Crippen molar-refractivity contribution in [3.05, 3.63) is 12.2 Å². The van der Waals surface area contributed by atoms with Crippen LogP contribution in [0.5, 0.6) is 0 Å². The van der Waals surface area contributed by atoms with Crippen molar-refractivity contribution in [1.82, 2.24) is 5.32 Å². The monoisotopic (exact) mass is 211 g/mol. The molecule has 0 aromatic heterocycles. The minimum Gasteiger partial charge on any atom is -0.370 e. The Hall–Kier alpha value is -0.550. The van der Waals surface area contributed by atoms with Gasteiger partial charge in [0.05, 0.1) is 6.61 Å². The molecule has 2 nitrogen and oxygen atoms in total. The van der Waals surface area contributed by atoms with Gasteiger partial charge in [0.15, 0.2) is 0 Å². The summed E-state index contributed by atoms with van der Waals surface area (Å²) in [4.78, 5) is 0. The fourth-order valence-corrected chi connectivity index (χ4v) is 0.982. The molecule has 0 rings (SSSR count). The van der Waals surface area contributed by atoms with Crippen LogP contribution in [0.4, 0.5) is 13.2 Å². The highest BCUT2D eigenvalue weighted by molar-refractivity contribution is 4.92. The third kappa shape index (κ3) is 8.07. The molecule has 1 N–H and O–H groups in total. The summed E-state index contributed by atoms with van der Waals surface area (Å²) in [6, 6.07) is -0.102. The van der Waals surface area contributed by atoms with E-state index in [1.54, 1.807) is 7.05 Å². The standard InChI is InChI=1S/C9H16F3NO/c1-7(2)4-8(13-3)5-14-6-9(10,11)12/h8,13H,1,4-6H2,2-3H3. The second-order valence-electron chi connectivity index (χ2n) is 3.28. The van der Waals surface area contributed by atoms with Crippen LogP contribution in [-0.4, -0.2) is 32.5 Å². The predicted molar refractivity (Wildman–Crippen MR) is 49.2 cm³/mol. The van der Waals surface area contributed by atoms with Gasteiger partial charge in [0, 0.05) is 6.04 Å². The summed E-state index contributed by atoms with van der Waals surface area (Å²) >= 11 is 0. The molecule has 0 saturated heterocycles. The molecule has 14 heavy (non-hydrogen) atoms. The Morgan fingerprint density at radius 1 is 1.50 bits per heavy atom. The quantitative estimate of drug-likeness (QED) is 0.679. The van der Waals surface area contributed by atoms with E-state index in [4.69, 9.17) is 0 Å². The Kier molecular flexibility index (Phi) is 5.79. The van der Waals surface area contributed by atoms with Crippen molar-refractivity contribution in [2.75, 3.05) is 20.3 Å². The Morgan fingerprint density at radius 2 is 2.07 bits per heavy atom. The zero-order chi connectivity index (χ0) is 11.2. The number of hydrogen-bond donors (Lipinski definition) is 1. The molecule has 0 aliphatic rings. The first-order valence-corrected chi connectivity index (χ1v) is 4.31. The lowest BCUT2D eigenvalue weighted by Crippen LogP contribution is -2.32. The van der Waals surface area contributed by atoms with E-state index in [0.717, 1.165) is 5.57 Å². The first-order valence-electron chi connectivity index (χ1n) is 4.31. The molecule has 84 valence electrons. The first kappa shape index (κ1) is 13.4. The fraction of sp³-hybridized carbons (Fsp3) is 0.778. The molecule has 0 bridgehead atoms. The van der Waals surface area contributed by atoms with Crippen molar-refractivity contribution >= 4 is 0 Å². The van der Waals surface area contributed by atoms with Crippen LogP contribution in [0.15, 0.2) is 12.2 Å². The minimum atomic E-state index is -4.25. The van der Waals surface area contributed by atoms with Gasteiger partial charge in [-0.1, -0.05) is 5.57 Å². The molecule has 5 heteroatoms. The van der Waals surface area contributed by atoms with E-state index in [9.17, 15) is 13.2 Å². The van der Waals surface area contributed by atoms with Gasteiger partial charge in [0.25, 0.3) is 0 Å². The van der Waals surface area contributed by atoms with Crippen LogP contribution in [-0.2, 0) is 4.74 Å². The van der Waals surface area contributed by atoms with Gasteiger partial charge < -0.3 is 10.1 Å².